The Morgan fingerprint density at radius 2 is 2.20 bits per heavy atom. The summed E-state index contributed by atoms with van der Waals surface area (Å²) >= 11 is 6.03. The molecule has 2 rings (SSSR count). The van der Waals surface area contributed by atoms with Crippen LogP contribution in [0.15, 0.2) is 29.2 Å². The van der Waals surface area contributed by atoms with Crippen LogP contribution in [0.4, 0.5) is 11.5 Å². The van der Waals surface area contributed by atoms with Crippen LogP contribution in [0.5, 0.6) is 0 Å². The van der Waals surface area contributed by atoms with Crippen LogP contribution in [0.3, 0.4) is 0 Å². The number of hydrogen-bond acceptors (Lipinski definition) is 5. The molecule has 0 bridgehead atoms. The minimum atomic E-state index is -0.205. The number of anilines is 2. The Balaban J connectivity index is 2.30. The Labute approximate surface area is 121 Å². The fourth-order valence-electron chi connectivity index (χ4n) is 1.69. The molecule has 2 N–H and O–H groups in total. The Bertz CT molecular complexity index is 670. The molecule has 0 saturated heterocycles. The van der Waals surface area contributed by atoms with Gasteiger partial charge in [0, 0.05) is 19.7 Å². The van der Waals surface area contributed by atoms with Crippen LogP contribution in [-0.2, 0) is 6.54 Å². The molecule has 20 heavy (non-hydrogen) atoms. The number of pyridine rings is 1. The lowest BCUT2D eigenvalue weighted by atomic mass is 10.3. The highest BCUT2D eigenvalue weighted by molar-refractivity contribution is 6.31. The number of hydrogen-bond donors (Lipinski definition) is 1. The molecule has 0 unspecified atom stereocenters. The first-order valence-corrected chi connectivity index (χ1v) is 6.58. The first kappa shape index (κ1) is 14.3. The van der Waals surface area contributed by atoms with E-state index in [1.165, 1.54) is 10.7 Å². The van der Waals surface area contributed by atoms with Gasteiger partial charge in [-0.3, -0.25) is 4.79 Å². The third-order valence-electron chi connectivity index (χ3n) is 3.01. The van der Waals surface area contributed by atoms with E-state index in [1.807, 2.05) is 18.9 Å². The minimum absolute atomic E-state index is 0.193. The van der Waals surface area contributed by atoms with Crippen molar-refractivity contribution in [3.8, 4) is 0 Å². The van der Waals surface area contributed by atoms with Crippen LogP contribution in [0.25, 0.3) is 0 Å². The maximum Gasteiger partial charge on any atom is 0.269 e. The van der Waals surface area contributed by atoms with E-state index >= 15 is 0 Å². The minimum Gasteiger partial charge on any atom is -0.384 e. The monoisotopic (exact) mass is 293 g/mol. The predicted molar refractivity (Wildman–Crippen MR) is 80.2 cm³/mol. The molecule has 0 atom stereocenters. The molecule has 2 heterocycles. The van der Waals surface area contributed by atoms with E-state index in [2.05, 4.69) is 10.1 Å². The maximum atomic E-state index is 12.0. The van der Waals surface area contributed by atoms with E-state index in [1.54, 1.807) is 18.3 Å². The summed E-state index contributed by atoms with van der Waals surface area (Å²) in [6.07, 6.45) is 1.64. The van der Waals surface area contributed by atoms with E-state index in [-0.39, 0.29) is 12.1 Å². The molecule has 2 aromatic heterocycles. The lowest BCUT2D eigenvalue weighted by Gasteiger charge is -2.16. The molecule has 106 valence electrons. The van der Waals surface area contributed by atoms with E-state index in [4.69, 9.17) is 17.3 Å². The van der Waals surface area contributed by atoms with Crippen molar-refractivity contribution in [2.45, 2.75) is 13.5 Å². The molecule has 0 fully saturated rings. The molecule has 0 radical (unpaired) electrons. The number of nitrogens with zero attached hydrogens (tertiary/aromatic N) is 4. The number of nitrogens with two attached hydrogens (primary N) is 1. The van der Waals surface area contributed by atoms with Crippen molar-refractivity contribution in [3.05, 3.63) is 45.5 Å². The second kappa shape index (κ2) is 5.92. The average Bonchev–Trinajstić information content (AvgIpc) is 2.44. The van der Waals surface area contributed by atoms with Gasteiger partial charge in [-0.05, 0) is 19.1 Å². The Hall–Kier alpha value is -2.08. The summed E-state index contributed by atoms with van der Waals surface area (Å²) in [5.41, 5.74) is 6.72. The van der Waals surface area contributed by atoms with Crippen LogP contribution >= 0.6 is 11.6 Å². The van der Waals surface area contributed by atoms with Crippen molar-refractivity contribution in [2.24, 2.45) is 0 Å². The van der Waals surface area contributed by atoms with Crippen molar-refractivity contribution < 1.29 is 0 Å². The highest BCUT2D eigenvalue weighted by atomic mass is 35.5. The zero-order chi connectivity index (χ0) is 14.7. The van der Waals surface area contributed by atoms with Gasteiger partial charge in [0.05, 0.1) is 29.1 Å². The van der Waals surface area contributed by atoms with Gasteiger partial charge in [0.15, 0.2) is 0 Å². The molecular formula is C13H16ClN5O. The van der Waals surface area contributed by atoms with Crippen molar-refractivity contribution >= 4 is 23.1 Å². The summed E-state index contributed by atoms with van der Waals surface area (Å²) in [7, 11) is 1.90. The largest absolute Gasteiger partial charge is 0.384 e. The van der Waals surface area contributed by atoms with Crippen LogP contribution in [-0.4, -0.2) is 28.4 Å². The molecule has 0 spiro atoms. The van der Waals surface area contributed by atoms with Gasteiger partial charge in [0.1, 0.15) is 5.82 Å². The van der Waals surface area contributed by atoms with Crippen molar-refractivity contribution in [1.82, 2.24) is 14.8 Å². The molecule has 0 saturated carbocycles. The number of nitrogen functional groups attached to an aromatic ring is 1. The summed E-state index contributed by atoms with van der Waals surface area (Å²) < 4.78 is 1.31. The zero-order valence-corrected chi connectivity index (χ0v) is 12.1. The lowest BCUT2D eigenvalue weighted by molar-refractivity contribution is 0.627. The smallest absolute Gasteiger partial charge is 0.269 e. The number of aromatic nitrogens is 3. The van der Waals surface area contributed by atoms with Gasteiger partial charge < -0.3 is 10.6 Å². The third-order valence-corrected chi connectivity index (χ3v) is 3.35. The van der Waals surface area contributed by atoms with E-state index in [0.717, 1.165) is 12.2 Å². The van der Waals surface area contributed by atoms with Gasteiger partial charge >= 0.3 is 0 Å². The SMILES string of the molecule is CCN(C)c1cnn(Cc2nc(N)ccc2Cl)c(=O)c1. The van der Waals surface area contributed by atoms with Crippen molar-refractivity contribution in [3.63, 3.8) is 0 Å². The fourth-order valence-corrected chi connectivity index (χ4v) is 1.85. The molecule has 2 aromatic rings. The molecule has 0 aliphatic carbocycles. The van der Waals surface area contributed by atoms with Crippen LogP contribution in [0.2, 0.25) is 5.02 Å². The molecule has 0 aliphatic rings. The van der Waals surface area contributed by atoms with E-state index < -0.39 is 0 Å². The molecule has 0 aliphatic heterocycles. The summed E-state index contributed by atoms with van der Waals surface area (Å²) in [4.78, 5) is 18.1. The van der Waals surface area contributed by atoms with Crippen LogP contribution < -0.4 is 16.2 Å². The van der Waals surface area contributed by atoms with Gasteiger partial charge in [-0.2, -0.15) is 5.10 Å². The molecular weight excluding hydrogens is 278 g/mol. The lowest BCUT2D eigenvalue weighted by Crippen LogP contribution is -2.26. The van der Waals surface area contributed by atoms with Crippen molar-refractivity contribution in [1.29, 1.82) is 0 Å². The normalized spacial score (nSPS) is 10.6. The average molecular weight is 294 g/mol. The van der Waals surface area contributed by atoms with Crippen LogP contribution in [0, 0.1) is 0 Å². The topological polar surface area (TPSA) is 77.0 Å². The molecule has 6 nitrogen and oxygen atoms in total. The number of rotatable bonds is 4. The molecule has 7 heteroatoms. The first-order valence-electron chi connectivity index (χ1n) is 6.20. The maximum absolute atomic E-state index is 12.0. The summed E-state index contributed by atoms with van der Waals surface area (Å²) in [5.74, 6) is 0.361. The number of halogens is 1. The van der Waals surface area contributed by atoms with Gasteiger partial charge in [-0.25, -0.2) is 9.67 Å². The molecule has 0 aromatic carbocycles. The Morgan fingerprint density at radius 1 is 1.45 bits per heavy atom. The summed E-state index contributed by atoms with van der Waals surface area (Å²) in [5, 5.41) is 4.60. The van der Waals surface area contributed by atoms with Gasteiger partial charge in [-0.1, -0.05) is 11.6 Å². The van der Waals surface area contributed by atoms with Gasteiger partial charge in [0.2, 0.25) is 0 Å². The quantitative estimate of drug-likeness (QED) is 0.921. The Kier molecular flexibility index (Phi) is 4.24. The molecule has 0 amide bonds. The third kappa shape index (κ3) is 3.08. The predicted octanol–water partition coefficient (Wildman–Crippen LogP) is 1.38. The van der Waals surface area contributed by atoms with Gasteiger partial charge in [0.25, 0.3) is 5.56 Å². The highest BCUT2D eigenvalue weighted by Crippen LogP contribution is 2.15. The van der Waals surface area contributed by atoms with E-state index in [0.29, 0.717) is 16.5 Å². The van der Waals surface area contributed by atoms with Crippen LogP contribution in [0.1, 0.15) is 12.6 Å². The first-order chi connectivity index (χ1) is 9.51. The Morgan fingerprint density at radius 3 is 2.85 bits per heavy atom. The van der Waals surface area contributed by atoms with E-state index in [9.17, 15) is 4.79 Å². The second-order valence-electron chi connectivity index (χ2n) is 4.39. The standard InChI is InChI=1S/C13H16ClN5O/c1-3-18(2)9-6-13(20)19(16-7-9)8-11-10(14)4-5-12(15)17-11/h4-7H,3,8H2,1-2H3,(H2,15,17). The fraction of sp³-hybridized carbons (Fsp3) is 0.308. The second-order valence-corrected chi connectivity index (χ2v) is 4.80. The summed E-state index contributed by atoms with van der Waals surface area (Å²) in [6, 6.07) is 4.81. The van der Waals surface area contributed by atoms with Gasteiger partial charge in [-0.15, -0.1) is 0 Å². The summed E-state index contributed by atoms with van der Waals surface area (Å²) in [6.45, 7) is 2.99. The highest BCUT2D eigenvalue weighted by Gasteiger charge is 2.08. The zero-order valence-electron chi connectivity index (χ0n) is 11.4. The van der Waals surface area contributed by atoms with Crippen molar-refractivity contribution in [2.75, 3.05) is 24.2 Å².